The van der Waals surface area contributed by atoms with Crippen LogP contribution in [0.3, 0.4) is 0 Å². The number of likely N-dealkylation sites (tertiary alicyclic amines) is 1. The minimum Gasteiger partial charge on any atom is -0.480 e. The van der Waals surface area contributed by atoms with Gasteiger partial charge in [-0.2, -0.15) is 0 Å². The zero-order valence-electron chi connectivity index (χ0n) is 17.2. The van der Waals surface area contributed by atoms with Gasteiger partial charge in [-0.05, 0) is 24.1 Å². The molecule has 3 aromatic rings. The number of carboxylic acids is 1. The van der Waals surface area contributed by atoms with Crippen molar-refractivity contribution >= 4 is 34.6 Å². The van der Waals surface area contributed by atoms with Crippen LogP contribution in [0.25, 0.3) is 11.0 Å². The first-order chi connectivity index (χ1) is 15.4. The Labute approximate surface area is 183 Å². The molecular formula is C22H23N5O5. The van der Waals surface area contributed by atoms with Crippen molar-refractivity contribution in [3.05, 3.63) is 60.0 Å². The summed E-state index contributed by atoms with van der Waals surface area (Å²) in [5, 5.41) is 15.2. The van der Waals surface area contributed by atoms with E-state index < -0.39 is 18.1 Å². The van der Waals surface area contributed by atoms with E-state index in [-0.39, 0.29) is 24.9 Å². The molecule has 1 aromatic carbocycles. The van der Waals surface area contributed by atoms with Crippen molar-refractivity contribution in [1.82, 2.24) is 20.5 Å². The van der Waals surface area contributed by atoms with Gasteiger partial charge in [0.2, 0.25) is 11.8 Å². The monoisotopic (exact) mass is 437 g/mol. The standard InChI is InChI=1S/C22H23N5O5/c23-20-15-10-14(32-17(15)6-8-24-20)11-26-21(30)16-7-9-27(16)22(31)19(25-12-18(28)29)13-4-2-1-3-5-13/h1-6,8,10,16,19,25H,7,9,11-12H2,(H2,23,24)(H,26,30)(H,28,29). The molecule has 1 aliphatic rings. The van der Waals surface area contributed by atoms with E-state index in [9.17, 15) is 14.4 Å². The summed E-state index contributed by atoms with van der Waals surface area (Å²) in [4.78, 5) is 42.3. The second-order valence-electron chi connectivity index (χ2n) is 7.49. The molecule has 2 aromatic heterocycles. The van der Waals surface area contributed by atoms with Crippen LogP contribution in [0, 0.1) is 0 Å². The van der Waals surface area contributed by atoms with E-state index in [4.69, 9.17) is 15.3 Å². The Morgan fingerprint density at radius 3 is 2.69 bits per heavy atom. The normalized spacial score (nSPS) is 16.4. The first-order valence-electron chi connectivity index (χ1n) is 10.1. The highest BCUT2D eigenvalue weighted by atomic mass is 16.4. The van der Waals surface area contributed by atoms with E-state index in [0.29, 0.717) is 41.1 Å². The Hall–Kier alpha value is -3.92. The van der Waals surface area contributed by atoms with Crippen molar-refractivity contribution in [2.75, 3.05) is 18.8 Å². The number of amides is 2. The fourth-order valence-corrected chi connectivity index (χ4v) is 3.69. The molecule has 0 spiro atoms. The van der Waals surface area contributed by atoms with Gasteiger partial charge in [0, 0.05) is 12.7 Å². The number of carboxylic acid groups (broad SMARTS) is 1. The Bertz CT molecular complexity index is 1150. The molecule has 10 heteroatoms. The molecule has 10 nitrogen and oxygen atoms in total. The molecule has 1 fully saturated rings. The van der Waals surface area contributed by atoms with Gasteiger partial charge >= 0.3 is 5.97 Å². The second kappa shape index (κ2) is 9.06. The van der Waals surface area contributed by atoms with Crippen molar-refractivity contribution in [1.29, 1.82) is 0 Å². The number of nitrogen functional groups attached to an aromatic ring is 1. The summed E-state index contributed by atoms with van der Waals surface area (Å²) in [7, 11) is 0. The number of rotatable bonds is 8. The van der Waals surface area contributed by atoms with Gasteiger partial charge in [0.15, 0.2) is 0 Å². The highest BCUT2D eigenvalue weighted by Gasteiger charge is 2.40. The lowest BCUT2D eigenvalue weighted by molar-refractivity contribution is -0.149. The van der Waals surface area contributed by atoms with Gasteiger partial charge < -0.3 is 25.5 Å². The smallest absolute Gasteiger partial charge is 0.317 e. The zero-order chi connectivity index (χ0) is 22.7. The van der Waals surface area contributed by atoms with Crippen molar-refractivity contribution < 1.29 is 23.9 Å². The lowest BCUT2D eigenvalue weighted by Crippen LogP contribution is -2.60. The second-order valence-corrected chi connectivity index (χ2v) is 7.49. The molecule has 3 heterocycles. The molecule has 166 valence electrons. The Balaban J connectivity index is 1.41. The predicted molar refractivity (Wildman–Crippen MR) is 115 cm³/mol. The maximum absolute atomic E-state index is 13.1. The molecule has 0 aliphatic carbocycles. The number of nitrogens with two attached hydrogens (primary N) is 1. The van der Waals surface area contributed by atoms with Crippen molar-refractivity contribution in [3.63, 3.8) is 0 Å². The number of carbonyl (C=O) groups is 3. The molecule has 5 N–H and O–H groups in total. The van der Waals surface area contributed by atoms with E-state index in [1.165, 1.54) is 4.90 Å². The van der Waals surface area contributed by atoms with E-state index in [1.807, 2.05) is 6.07 Å². The van der Waals surface area contributed by atoms with Crippen LogP contribution >= 0.6 is 0 Å². The molecule has 32 heavy (non-hydrogen) atoms. The van der Waals surface area contributed by atoms with Crippen LogP contribution in [0.1, 0.15) is 23.8 Å². The van der Waals surface area contributed by atoms with Gasteiger partial charge in [-0.3, -0.25) is 19.7 Å². The van der Waals surface area contributed by atoms with Gasteiger partial charge in [-0.1, -0.05) is 30.3 Å². The fraction of sp³-hybridized carbons (Fsp3) is 0.273. The summed E-state index contributed by atoms with van der Waals surface area (Å²) < 4.78 is 5.67. The van der Waals surface area contributed by atoms with Crippen LogP contribution in [0.5, 0.6) is 0 Å². The minimum atomic E-state index is -1.07. The highest BCUT2D eigenvalue weighted by molar-refractivity contribution is 5.92. The molecule has 2 atom stereocenters. The topological polar surface area (TPSA) is 151 Å². The quantitative estimate of drug-likeness (QED) is 0.408. The largest absolute Gasteiger partial charge is 0.480 e. The van der Waals surface area contributed by atoms with Gasteiger partial charge in [-0.25, -0.2) is 4.98 Å². The Kier molecular flexibility index (Phi) is 6.04. The number of fused-ring (bicyclic) bond motifs is 1. The number of benzene rings is 1. The molecule has 0 radical (unpaired) electrons. The molecule has 2 amide bonds. The minimum absolute atomic E-state index is 0.144. The van der Waals surface area contributed by atoms with Crippen LogP contribution in [-0.2, 0) is 20.9 Å². The van der Waals surface area contributed by atoms with Crippen LogP contribution in [0.4, 0.5) is 5.82 Å². The molecule has 1 aliphatic heterocycles. The third-order valence-corrected chi connectivity index (χ3v) is 5.41. The summed E-state index contributed by atoms with van der Waals surface area (Å²) in [6.45, 7) is 0.187. The van der Waals surface area contributed by atoms with Crippen molar-refractivity contribution in [3.8, 4) is 0 Å². The molecule has 2 unspecified atom stereocenters. The molecule has 0 bridgehead atoms. The number of furan rings is 1. The van der Waals surface area contributed by atoms with Gasteiger partial charge in [0.1, 0.15) is 29.2 Å². The van der Waals surface area contributed by atoms with Crippen molar-refractivity contribution in [2.24, 2.45) is 0 Å². The molecule has 4 rings (SSSR count). The predicted octanol–water partition coefficient (Wildman–Crippen LogP) is 1.04. The maximum atomic E-state index is 13.1. The molecule has 1 saturated heterocycles. The summed E-state index contributed by atoms with van der Waals surface area (Å²) in [6.07, 6.45) is 2.07. The summed E-state index contributed by atoms with van der Waals surface area (Å²) in [6, 6.07) is 10.8. The molecular weight excluding hydrogens is 414 g/mol. The lowest BCUT2D eigenvalue weighted by atomic mass is 9.97. The average molecular weight is 437 g/mol. The summed E-state index contributed by atoms with van der Waals surface area (Å²) in [5.41, 5.74) is 7.05. The van der Waals surface area contributed by atoms with Gasteiger partial charge in [-0.15, -0.1) is 0 Å². The van der Waals surface area contributed by atoms with Crippen LogP contribution in [0.15, 0.2) is 53.1 Å². The van der Waals surface area contributed by atoms with Gasteiger partial charge in [0.05, 0.1) is 18.5 Å². The highest BCUT2D eigenvalue weighted by Crippen LogP contribution is 2.25. The van der Waals surface area contributed by atoms with E-state index in [2.05, 4.69) is 15.6 Å². The lowest BCUT2D eigenvalue weighted by Gasteiger charge is -2.41. The summed E-state index contributed by atoms with van der Waals surface area (Å²) in [5.74, 6) is -0.845. The van der Waals surface area contributed by atoms with Crippen LogP contribution in [0.2, 0.25) is 0 Å². The number of nitrogens with zero attached hydrogens (tertiary/aromatic N) is 2. The van der Waals surface area contributed by atoms with E-state index in [0.717, 1.165) is 0 Å². The number of pyridine rings is 1. The maximum Gasteiger partial charge on any atom is 0.317 e. The number of hydrogen-bond acceptors (Lipinski definition) is 7. The number of carbonyl (C=O) groups excluding carboxylic acids is 2. The first kappa shape index (κ1) is 21.3. The van der Waals surface area contributed by atoms with Crippen LogP contribution < -0.4 is 16.4 Å². The number of anilines is 1. The number of aromatic nitrogens is 1. The Morgan fingerprint density at radius 1 is 1.25 bits per heavy atom. The molecule has 0 saturated carbocycles. The SMILES string of the molecule is Nc1nccc2oc(CNC(=O)C3CCN3C(=O)C(NCC(=O)O)c3ccccc3)cc12. The van der Waals surface area contributed by atoms with Crippen molar-refractivity contribution in [2.45, 2.75) is 25.0 Å². The number of aliphatic carboxylic acids is 1. The van der Waals surface area contributed by atoms with E-state index in [1.54, 1.807) is 42.6 Å². The third kappa shape index (κ3) is 4.40. The summed E-state index contributed by atoms with van der Waals surface area (Å²) >= 11 is 0. The number of nitrogens with one attached hydrogen (secondary N) is 2. The fourth-order valence-electron chi connectivity index (χ4n) is 3.69. The van der Waals surface area contributed by atoms with Gasteiger partial charge in [0.25, 0.3) is 0 Å². The average Bonchev–Trinajstić information content (AvgIpc) is 3.17. The third-order valence-electron chi connectivity index (χ3n) is 5.41. The first-order valence-corrected chi connectivity index (χ1v) is 10.1. The van der Waals surface area contributed by atoms with E-state index >= 15 is 0 Å². The zero-order valence-corrected chi connectivity index (χ0v) is 17.2. The van der Waals surface area contributed by atoms with Crippen LogP contribution in [-0.4, -0.2) is 51.9 Å². The Morgan fingerprint density at radius 2 is 2.03 bits per heavy atom. The number of hydrogen-bond donors (Lipinski definition) is 4.